The van der Waals surface area contributed by atoms with E-state index < -0.39 is 48.8 Å². The molecule has 2 heterocycles. The summed E-state index contributed by atoms with van der Waals surface area (Å²) in [7, 11) is 0. The molecule has 0 aliphatic carbocycles. The molecule has 2 aliphatic heterocycles. The number of carbonyl (C=O) groups excluding carboxylic acids is 1. The van der Waals surface area contributed by atoms with Crippen molar-refractivity contribution in [1.29, 1.82) is 0 Å². The third-order valence-electron chi connectivity index (χ3n) is 5.06. The van der Waals surface area contributed by atoms with Crippen LogP contribution in [0.3, 0.4) is 0 Å². The Kier molecular flexibility index (Phi) is 5.56. The van der Waals surface area contributed by atoms with Crippen molar-refractivity contribution in [3.05, 3.63) is 53.3 Å². The zero-order valence-corrected chi connectivity index (χ0v) is 16.0. The van der Waals surface area contributed by atoms with Gasteiger partial charge in [-0.15, -0.1) is 0 Å². The third kappa shape index (κ3) is 3.82. The summed E-state index contributed by atoms with van der Waals surface area (Å²) in [5.74, 6) is -1.36. The first-order valence-corrected chi connectivity index (χ1v) is 9.36. The van der Waals surface area contributed by atoms with Gasteiger partial charge in [0.05, 0.1) is 12.2 Å². The number of benzene rings is 2. The van der Waals surface area contributed by atoms with Gasteiger partial charge in [0, 0.05) is 0 Å². The molecule has 5 unspecified atom stereocenters. The van der Waals surface area contributed by atoms with Crippen molar-refractivity contribution >= 4 is 11.9 Å². The second kappa shape index (κ2) is 8.17. The first-order chi connectivity index (χ1) is 14.8. The smallest absolute Gasteiger partial charge is 0.232 e. The summed E-state index contributed by atoms with van der Waals surface area (Å²) in [5, 5.41) is 59.0. The molecule has 31 heavy (non-hydrogen) atoms. The summed E-state index contributed by atoms with van der Waals surface area (Å²) in [6.45, 7) is -0.635. The van der Waals surface area contributed by atoms with Crippen LogP contribution in [0.25, 0.3) is 6.08 Å². The van der Waals surface area contributed by atoms with Crippen molar-refractivity contribution in [3.63, 3.8) is 0 Å². The molecule has 1 saturated heterocycles. The van der Waals surface area contributed by atoms with Crippen molar-refractivity contribution in [3.8, 4) is 23.0 Å². The number of ether oxygens (including phenoxy) is 3. The van der Waals surface area contributed by atoms with E-state index in [-0.39, 0.29) is 28.6 Å². The molecule has 6 N–H and O–H groups in total. The minimum absolute atomic E-state index is 0.0546. The molecule has 5 atom stereocenters. The van der Waals surface area contributed by atoms with Gasteiger partial charge >= 0.3 is 0 Å². The molecule has 0 radical (unpaired) electrons. The highest BCUT2D eigenvalue weighted by Gasteiger charge is 2.45. The highest BCUT2D eigenvalue weighted by atomic mass is 16.7. The van der Waals surface area contributed by atoms with Gasteiger partial charge in [-0.25, -0.2) is 0 Å². The molecule has 0 saturated carbocycles. The van der Waals surface area contributed by atoms with Crippen LogP contribution in [-0.2, 0) is 4.74 Å². The van der Waals surface area contributed by atoms with E-state index in [1.54, 1.807) is 12.1 Å². The summed E-state index contributed by atoms with van der Waals surface area (Å²) in [6.07, 6.45) is -6.12. The molecule has 1 fully saturated rings. The fourth-order valence-corrected chi connectivity index (χ4v) is 3.33. The van der Waals surface area contributed by atoms with Crippen LogP contribution >= 0.6 is 0 Å². The highest BCUT2D eigenvalue weighted by Crippen LogP contribution is 2.45. The second-order valence-corrected chi connectivity index (χ2v) is 7.14. The quantitative estimate of drug-likeness (QED) is 0.359. The number of rotatable bonds is 4. The van der Waals surface area contributed by atoms with Crippen molar-refractivity contribution in [2.24, 2.45) is 0 Å². The number of hydrogen-bond acceptors (Lipinski definition) is 10. The fraction of sp³-hybridized carbons (Fsp3) is 0.286. The Labute approximate surface area is 175 Å². The van der Waals surface area contributed by atoms with Crippen LogP contribution in [0.1, 0.15) is 15.9 Å². The van der Waals surface area contributed by atoms with Gasteiger partial charge in [0.25, 0.3) is 0 Å². The maximum atomic E-state index is 12.6. The number of fused-ring (bicyclic) bond motifs is 1. The predicted molar refractivity (Wildman–Crippen MR) is 104 cm³/mol. The molecule has 0 bridgehead atoms. The number of phenolic OH excluding ortho intramolecular Hbond substituents is 2. The Hall–Kier alpha value is -3.15. The molecule has 4 rings (SSSR count). The van der Waals surface area contributed by atoms with Crippen molar-refractivity contribution in [2.45, 2.75) is 30.7 Å². The topological polar surface area (TPSA) is 166 Å². The second-order valence-electron chi connectivity index (χ2n) is 7.14. The number of Topliss-reactive ketones (excluding diaryl/α,β-unsaturated/α-hetero) is 1. The Morgan fingerprint density at radius 1 is 0.968 bits per heavy atom. The van der Waals surface area contributed by atoms with Crippen LogP contribution in [0.15, 0.2) is 42.2 Å². The number of hydrogen-bond donors (Lipinski definition) is 6. The van der Waals surface area contributed by atoms with Crippen LogP contribution in [0, 0.1) is 0 Å². The van der Waals surface area contributed by atoms with Gasteiger partial charge in [-0.3, -0.25) is 4.79 Å². The first-order valence-electron chi connectivity index (χ1n) is 9.36. The molecular weight excluding hydrogens is 412 g/mol. The summed E-state index contributed by atoms with van der Waals surface area (Å²) in [5.41, 5.74) is 0.676. The number of carbonyl (C=O) groups is 1. The number of aromatic hydroxyl groups is 2. The lowest BCUT2D eigenvalue weighted by molar-refractivity contribution is -0.277. The molecule has 0 spiro atoms. The van der Waals surface area contributed by atoms with E-state index in [0.717, 1.165) is 0 Å². The lowest BCUT2D eigenvalue weighted by Crippen LogP contribution is -2.60. The predicted octanol–water partition coefficient (Wildman–Crippen LogP) is -0.107. The van der Waals surface area contributed by atoms with Crippen molar-refractivity contribution in [2.75, 3.05) is 6.61 Å². The van der Waals surface area contributed by atoms with Crippen LogP contribution in [-0.4, -0.2) is 73.7 Å². The van der Waals surface area contributed by atoms with E-state index in [4.69, 9.17) is 14.2 Å². The number of ketones is 1. The molecule has 0 amide bonds. The first kappa shape index (κ1) is 21.1. The van der Waals surface area contributed by atoms with Crippen molar-refractivity contribution < 1.29 is 49.6 Å². The van der Waals surface area contributed by atoms with Crippen molar-refractivity contribution in [1.82, 2.24) is 0 Å². The van der Waals surface area contributed by atoms with E-state index in [2.05, 4.69) is 0 Å². The molecule has 2 aromatic carbocycles. The Balaban J connectivity index is 1.58. The fourth-order valence-electron chi connectivity index (χ4n) is 3.33. The standard InChI is InChI=1S/C21H20O10/c22-8-14-16(25)18(27)19(28)21(31-14)30-12-6-5-11-15(24)13(29-20(11)17(12)26)7-9-1-3-10(23)4-2-9/h1-7,14,16,18-19,21-23,25-28H,8H2. The summed E-state index contributed by atoms with van der Waals surface area (Å²) in [4.78, 5) is 12.6. The zero-order valence-electron chi connectivity index (χ0n) is 16.0. The molecule has 10 heteroatoms. The van der Waals surface area contributed by atoms with Crippen LogP contribution < -0.4 is 9.47 Å². The lowest BCUT2D eigenvalue weighted by atomic mass is 9.99. The average molecular weight is 432 g/mol. The van der Waals surface area contributed by atoms with Crippen LogP contribution in [0.2, 0.25) is 0 Å². The monoisotopic (exact) mass is 432 g/mol. The maximum Gasteiger partial charge on any atom is 0.232 e. The van der Waals surface area contributed by atoms with Gasteiger partial charge in [-0.1, -0.05) is 12.1 Å². The van der Waals surface area contributed by atoms with E-state index in [0.29, 0.717) is 5.56 Å². The largest absolute Gasteiger partial charge is 0.508 e. The summed E-state index contributed by atoms with van der Waals surface area (Å²) in [6, 6.07) is 8.67. The average Bonchev–Trinajstić information content (AvgIpc) is 3.08. The number of allylic oxidation sites excluding steroid dienone is 1. The molecule has 164 valence electrons. The molecular formula is C21H20O10. The zero-order chi connectivity index (χ0) is 22.3. The molecule has 10 nitrogen and oxygen atoms in total. The Bertz CT molecular complexity index is 1010. The number of aliphatic hydroxyl groups is 4. The normalized spacial score (nSPS) is 29.0. The summed E-state index contributed by atoms with van der Waals surface area (Å²) < 4.78 is 16.2. The molecule has 2 aliphatic rings. The SMILES string of the molecule is O=C1C(=Cc2ccc(O)cc2)Oc2c1ccc(OC1OC(CO)C(O)C(O)C1O)c2O. The van der Waals surface area contributed by atoms with Gasteiger partial charge in [0.2, 0.25) is 17.8 Å². The van der Waals surface area contributed by atoms with E-state index in [1.807, 2.05) is 0 Å². The molecule has 0 aromatic heterocycles. The highest BCUT2D eigenvalue weighted by molar-refractivity contribution is 6.15. The van der Waals surface area contributed by atoms with Crippen LogP contribution in [0.5, 0.6) is 23.0 Å². The number of aliphatic hydroxyl groups excluding tert-OH is 4. The molecule has 2 aromatic rings. The minimum atomic E-state index is -1.67. The van der Waals surface area contributed by atoms with Crippen LogP contribution in [0.4, 0.5) is 0 Å². The van der Waals surface area contributed by atoms with Gasteiger partial charge in [-0.2, -0.15) is 0 Å². The Morgan fingerprint density at radius 3 is 2.35 bits per heavy atom. The van der Waals surface area contributed by atoms with Gasteiger partial charge < -0.3 is 44.8 Å². The van der Waals surface area contributed by atoms with E-state index in [1.165, 1.54) is 30.3 Å². The maximum absolute atomic E-state index is 12.6. The lowest BCUT2D eigenvalue weighted by Gasteiger charge is -2.39. The number of phenols is 2. The Morgan fingerprint density at radius 2 is 1.68 bits per heavy atom. The minimum Gasteiger partial charge on any atom is -0.508 e. The van der Waals surface area contributed by atoms with Gasteiger partial charge in [0.15, 0.2) is 17.3 Å². The van der Waals surface area contributed by atoms with E-state index in [9.17, 15) is 35.4 Å². The van der Waals surface area contributed by atoms with E-state index >= 15 is 0 Å². The summed E-state index contributed by atoms with van der Waals surface area (Å²) >= 11 is 0. The van der Waals surface area contributed by atoms with Gasteiger partial charge in [0.1, 0.15) is 30.2 Å². The third-order valence-corrected chi connectivity index (χ3v) is 5.06. The van der Waals surface area contributed by atoms with Gasteiger partial charge in [-0.05, 0) is 35.9 Å².